The van der Waals surface area contributed by atoms with Crippen LogP contribution in [0.5, 0.6) is 0 Å². The zero-order valence-electron chi connectivity index (χ0n) is 9.63. The summed E-state index contributed by atoms with van der Waals surface area (Å²) in [6.45, 7) is 0.364. The molecular weight excluding hydrogens is 229 g/mol. The van der Waals surface area contributed by atoms with Gasteiger partial charge in [-0.15, -0.1) is 0 Å². The standard InChI is InChI=1S/C12H17F3N2/c13-12(14,15)11(5-16)7-17-6-10-4-8-1-2-9(10)3-8/h8-11,17H,1-4,6-7H2. The van der Waals surface area contributed by atoms with Gasteiger partial charge in [0.05, 0.1) is 6.07 Å². The average molecular weight is 246 g/mol. The lowest BCUT2D eigenvalue weighted by molar-refractivity contribution is -0.157. The second-order valence-corrected chi connectivity index (χ2v) is 5.32. The normalized spacial score (nSPS) is 33.6. The molecule has 0 radical (unpaired) electrons. The molecule has 0 aliphatic heterocycles. The van der Waals surface area contributed by atoms with E-state index in [-0.39, 0.29) is 6.54 Å². The SMILES string of the molecule is N#CC(CNCC1CC2CCC1C2)C(F)(F)F. The van der Waals surface area contributed by atoms with E-state index in [2.05, 4.69) is 5.32 Å². The van der Waals surface area contributed by atoms with Gasteiger partial charge in [-0.3, -0.25) is 0 Å². The van der Waals surface area contributed by atoms with Crippen LogP contribution in [-0.4, -0.2) is 19.3 Å². The molecule has 96 valence electrons. The highest BCUT2D eigenvalue weighted by molar-refractivity contribution is 4.93. The van der Waals surface area contributed by atoms with Crippen LogP contribution in [0.2, 0.25) is 0 Å². The van der Waals surface area contributed by atoms with E-state index in [1.165, 1.54) is 25.3 Å². The van der Waals surface area contributed by atoms with E-state index in [0.29, 0.717) is 18.4 Å². The molecule has 17 heavy (non-hydrogen) atoms. The first kappa shape index (κ1) is 12.7. The summed E-state index contributed by atoms with van der Waals surface area (Å²) < 4.78 is 36.9. The number of rotatable bonds is 4. The van der Waals surface area contributed by atoms with Crippen molar-refractivity contribution >= 4 is 0 Å². The molecule has 5 heteroatoms. The van der Waals surface area contributed by atoms with Crippen LogP contribution in [-0.2, 0) is 0 Å². The van der Waals surface area contributed by atoms with Crippen molar-refractivity contribution in [1.29, 1.82) is 5.26 Å². The Morgan fingerprint density at radius 2 is 2.06 bits per heavy atom. The van der Waals surface area contributed by atoms with Gasteiger partial charge >= 0.3 is 6.18 Å². The first-order valence-corrected chi connectivity index (χ1v) is 6.17. The maximum absolute atomic E-state index is 12.3. The fourth-order valence-corrected chi connectivity index (χ4v) is 3.27. The Hall–Kier alpha value is -0.760. The number of hydrogen-bond acceptors (Lipinski definition) is 2. The quantitative estimate of drug-likeness (QED) is 0.827. The minimum atomic E-state index is -4.41. The van der Waals surface area contributed by atoms with Gasteiger partial charge in [-0.2, -0.15) is 18.4 Å². The van der Waals surface area contributed by atoms with Crippen molar-refractivity contribution in [2.75, 3.05) is 13.1 Å². The highest BCUT2D eigenvalue weighted by atomic mass is 19.4. The fourth-order valence-electron chi connectivity index (χ4n) is 3.27. The van der Waals surface area contributed by atoms with Crippen molar-refractivity contribution in [3.05, 3.63) is 0 Å². The molecule has 0 saturated heterocycles. The Morgan fingerprint density at radius 3 is 2.53 bits per heavy atom. The van der Waals surface area contributed by atoms with Gasteiger partial charge in [-0.1, -0.05) is 6.42 Å². The largest absolute Gasteiger partial charge is 0.405 e. The van der Waals surface area contributed by atoms with E-state index in [0.717, 1.165) is 12.3 Å². The highest BCUT2D eigenvalue weighted by Crippen LogP contribution is 2.47. The summed E-state index contributed by atoms with van der Waals surface area (Å²) in [5.41, 5.74) is 0. The number of nitrogens with zero attached hydrogens (tertiary/aromatic N) is 1. The van der Waals surface area contributed by atoms with E-state index in [9.17, 15) is 13.2 Å². The molecular formula is C12H17F3N2. The van der Waals surface area contributed by atoms with Crippen LogP contribution in [0.1, 0.15) is 25.7 Å². The van der Waals surface area contributed by atoms with Gasteiger partial charge in [-0.05, 0) is 43.6 Å². The topological polar surface area (TPSA) is 35.8 Å². The number of fused-ring (bicyclic) bond motifs is 2. The van der Waals surface area contributed by atoms with Gasteiger partial charge in [-0.25, -0.2) is 0 Å². The van der Waals surface area contributed by atoms with Crippen LogP contribution < -0.4 is 5.32 Å². The van der Waals surface area contributed by atoms with E-state index < -0.39 is 12.1 Å². The van der Waals surface area contributed by atoms with E-state index >= 15 is 0 Å². The molecule has 2 nitrogen and oxygen atoms in total. The summed E-state index contributed by atoms with van der Waals surface area (Å²) in [6, 6.07) is 1.31. The predicted octanol–water partition coefficient (Wildman–Crippen LogP) is 2.71. The monoisotopic (exact) mass is 246 g/mol. The lowest BCUT2D eigenvalue weighted by atomic mass is 9.89. The van der Waals surface area contributed by atoms with Gasteiger partial charge in [0.1, 0.15) is 0 Å². The average Bonchev–Trinajstić information content (AvgIpc) is 2.84. The first-order valence-electron chi connectivity index (χ1n) is 6.17. The summed E-state index contributed by atoms with van der Waals surface area (Å²) in [7, 11) is 0. The smallest absolute Gasteiger partial charge is 0.315 e. The summed E-state index contributed by atoms with van der Waals surface area (Å²) in [4.78, 5) is 0. The van der Waals surface area contributed by atoms with Crippen LogP contribution >= 0.6 is 0 Å². The Kier molecular flexibility index (Phi) is 3.62. The van der Waals surface area contributed by atoms with E-state index in [4.69, 9.17) is 5.26 Å². The van der Waals surface area contributed by atoms with E-state index in [1.807, 2.05) is 0 Å². The number of alkyl halides is 3. The summed E-state index contributed by atoms with van der Waals surface area (Å²) in [6.07, 6.45) is 0.535. The predicted molar refractivity (Wildman–Crippen MR) is 57.0 cm³/mol. The van der Waals surface area contributed by atoms with Crippen molar-refractivity contribution in [3.8, 4) is 6.07 Å². The highest BCUT2D eigenvalue weighted by Gasteiger charge is 2.41. The van der Waals surface area contributed by atoms with Crippen molar-refractivity contribution in [2.45, 2.75) is 31.9 Å². The van der Waals surface area contributed by atoms with Crippen LogP contribution in [0.15, 0.2) is 0 Å². The zero-order chi connectivity index (χ0) is 12.5. The Balaban J connectivity index is 1.71. The van der Waals surface area contributed by atoms with Crippen LogP contribution in [0.4, 0.5) is 13.2 Å². The molecule has 0 heterocycles. The van der Waals surface area contributed by atoms with E-state index in [1.54, 1.807) is 0 Å². The number of nitriles is 1. The third-order valence-corrected chi connectivity index (χ3v) is 4.19. The number of hydrogen-bond donors (Lipinski definition) is 1. The van der Waals surface area contributed by atoms with Gasteiger partial charge in [0.15, 0.2) is 5.92 Å². The van der Waals surface area contributed by atoms with Crippen LogP contribution in [0.25, 0.3) is 0 Å². The molecule has 2 saturated carbocycles. The molecule has 2 bridgehead atoms. The second kappa shape index (κ2) is 4.85. The van der Waals surface area contributed by atoms with Gasteiger partial charge in [0.2, 0.25) is 0 Å². The molecule has 0 aromatic carbocycles. The van der Waals surface area contributed by atoms with Gasteiger partial charge in [0, 0.05) is 6.54 Å². The van der Waals surface area contributed by atoms with Crippen molar-refractivity contribution in [3.63, 3.8) is 0 Å². The number of nitrogens with one attached hydrogen (secondary N) is 1. The molecule has 2 aliphatic carbocycles. The maximum Gasteiger partial charge on any atom is 0.405 e. The third kappa shape index (κ3) is 2.92. The summed E-state index contributed by atoms with van der Waals surface area (Å²) in [5.74, 6) is 0.169. The summed E-state index contributed by atoms with van der Waals surface area (Å²) in [5, 5.41) is 11.3. The molecule has 1 N–H and O–H groups in total. The van der Waals surface area contributed by atoms with Crippen molar-refractivity contribution in [1.82, 2.24) is 5.32 Å². The Labute approximate surface area is 99.2 Å². The van der Waals surface area contributed by atoms with Crippen LogP contribution in [0, 0.1) is 35.0 Å². The minimum Gasteiger partial charge on any atom is -0.315 e. The molecule has 0 aromatic heterocycles. The Bertz CT molecular complexity index is 308. The molecule has 0 amide bonds. The molecule has 0 spiro atoms. The molecule has 4 unspecified atom stereocenters. The second-order valence-electron chi connectivity index (χ2n) is 5.32. The van der Waals surface area contributed by atoms with Crippen LogP contribution in [0.3, 0.4) is 0 Å². The maximum atomic E-state index is 12.3. The number of halogens is 3. The summed E-state index contributed by atoms with van der Waals surface area (Å²) >= 11 is 0. The lowest BCUT2D eigenvalue weighted by Gasteiger charge is -2.23. The molecule has 0 aromatic rings. The van der Waals surface area contributed by atoms with Crippen molar-refractivity contribution in [2.24, 2.45) is 23.7 Å². The van der Waals surface area contributed by atoms with Crippen molar-refractivity contribution < 1.29 is 13.2 Å². The first-order chi connectivity index (χ1) is 8.00. The van der Waals surface area contributed by atoms with Gasteiger partial charge in [0.25, 0.3) is 0 Å². The minimum absolute atomic E-state index is 0.270. The zero-order valence-corrected chi connectivity index (χ0v) is 9.63. The molecule has 2 fully saturated rings. The molecule has 4 atom stereocenters. The molecule has 2 aliphatic rings. The third-order valence-electron chi connectivity index (χ3n) is 4.19. The van der Waals surface area contributed by atoms with Gasteiger partial charge < -0.3 is 5.32 Å². The fraction of sp³-hybridized carbons (Fsp3) is 0.917. The lowest BCUT2D eigenvalue weighted by Crippen LogP contribution is -2.35. The Morgan fingerprint density at radius 1 is 1.29 bits per heavy atom. The molecule has 2 rings (SSSR count).